The highest BCUT2D eigenvalue weighted by Gasteiger charge is 1.99. The van der Waals surface area contributed by atoms with Crippen LogP contribution in [0.1, 0.15) is 5.69 Å². The van der Waals surface area contributed by atoms with E-state index in [1.807, 2.05) is 17.8 Å². The van der Waals surface area contributed by atoms with E-state index in [2.05, 4.69) is 36.2 Å². The average molecular weight is 268 g/mol. The van der Waals surface area contributed by atoms with Crippen LogP contribution in [0.15, 0.2) is 29.4 Å². The van der Waals surface area contributed by atoms with E-state index in [9.17, 15) is 0 Å². The van der Waals surface area contributed by atoms with Crippen molar-refractivity contribution < 1.29 is 0 Å². The first-order chi connectivity index (χ1) is 7.25. The van der Waals surface area contributed by atoms with E-state index in [1.54, 1.807) is 18.7 Å². The van der Waals surface area contributed by atoms with Crippen molar-refractivity contribution in [2.75, 3.05) is 5.32 Å². The molecule has 0 saturated carbocycles. The number of hydrogen-bond acceptors (Lipinski definition) is 4. The summed E-state index contributed by atoms with van der Waals surface area (Å²) >= 11 is 3.28. The predicted octanol–water partition coefficient (Wildman–Crippen LogP) is 1.58. The first kappa shape index (κ1) is 10.1. The van der Waals surface area contributed by atoms with E-state index >= 15 is 0 Å². The molecule has 0 amide bonds. The highest BCUT2D eigenvalue weighted by molar-refractivity contribution is 9.10. The third kappa shape index (κ3) is 2.53. The van der Waals surface area contributed by atoms with Crippen molar-refractivity contribution in [1.29, 1.82) is 0 Å². The molecule has 5 nitrogen and oxygen atoms in total. The molecule has 0 atom stereocenters. The lowest BCUT2D eigenvalue weighted by Crippen LogP contribution is -2.06. The highest BCUT2D eigenvalue weighted by Crippen LogP contribution is 2.07. The van der Waals surface area contributed by atoms with Crippen LogP contribution in [0.3, 0.4) is 0 Å². The molecule has 0 bridgehead atoms. The van der Waals surface area contributed by atoms with Gasteiger partial charge in [0.1, 0.15) is 0 Å². The Hall–Kier alpha value is -1.43. The van der Waals surface area contributed by atoms with Crippen molar-refractivity contribution in [2.24, 2.45) is 7.05 Å². The Morgan fingerprint density at radius 2 is 2.07 bits per heavy atom. The van der Waals surface area contributed by atoms with E-state index in [0.29, 0.717) is 12.5 Å². The van der Waals surface area contributed by atoms with Gasteiger partial charge in [0, 0.05) is 25.6 Å². The SMILES string of the molecule is Cn1cncc1CNc1ncc(Br)cn1. The minimum atomic E-state index is 0.611. The maximum Gasteiger partial charge on any atom is 0.222 e. The van der Waals surface area contributed by atoms with Crippen LogP contribution in [0.25, 0.3) is 0 Å². The second-order valence-corrected chi connectivity index (χ2v) is 3.99. The third-order valence-electron chi connectivity index (χ3n) is 1.96. The van der Waals surface area contributed by atoms with Gasteiger partial charge in [0.25, 0.3) is 0 Å². The second kappa shape index (κ2) is 4.39. The maximum atomic E-state index is 4.11. The van der Waals surface area contributed by atoms with Crippen LogP contribution in [0.2, 0.25) is 0 Å². The molecule has 1 N–H and O–H groups in total. The van der Waals surface area contributed by atoms with Crippen molar-refractivity contribution in [3.8, 4) is 0 Å². The normalized spacial score (nSPS) is 10.3. The van der Waals surface area contributed by atoms with Crippen LogP contribution < -0.4 is 5.32 Å². The standard InChI is InChI=1S/C9H10BrN5/c1-15-6-11-4-8(15)5-14-9-12-2-7(10)3-13-9/h2-4,6H,5H2,1H3,(H,12,13,14). The van der Waals surface area contributed by atoms with Crippen LogP contribution in [0.4, 0.5) is 5.95 Å². The van der Waals surface area contributed by atoms with Crippen LogP contribution in [-0.2, 0) is 13.6 Å². The molecule has 0 aliphatic rings. The first-order valence-electron chi connectivity index (χ1n) is 4.42. The fourth-order valence-electron chi connectivity index (χ4n) is 1.13. The molecule has 0 fully saturated rings. The van der Waals surface area contributed by atoms with Gasteiger partial charge in [0.15, 0.2) is 0 Å². The van der Waals surface area contributed by atoms with Gasteiger partial charge in [-0.25, -0.2) is 15.0 Å². The lowest BCUT2D eigenvalue weighted by atomic mass is 10.4. The molecule has 0 saturated heterocycles. The summed E-state index contributed by atoms with van der Waals surface area (Å²) in [5.41, 5.74) is 1.08. The van der Waals surface area contributed by atoms with Crippen LogP contribution in [0.5, 0.6) is 0 Å². The molecular weight excluding hydrogens is 258 g/mol. The molecule has 0 spiro atoms. The monoisotopic (exact) mass is 267 g/mol. The molecule has 6 heteroatoms. The number of hydrogen-bond donors (Lipinski definition) is 1. The van der Waals surface area contributed by atoms with Gasteiger partial charge >= 0.3 is 0 Å². The van der Waals surface area contributed by atoms with E-state index in [-0.39, 0.29) is 0 Å². The molecule has 15 heavy (non-hydrogen) atoms. The van der Waals surface area contributed by atoms with Gasteiger partial charge in [0.05, 0.1) is 23.0 Å². The smallest absolute Gasteiger partial charge is 0.222 e. The lowest BCUT2D eigenvalue weighted by Gasteiger charge is -2.04. The molecule has 0 unspecified atom stereocenters. The minimum Gasteiger partial charge on any atom is -0.349 e. The molecule has 2 heterocycles. The van der Waals surface area contributed by atoms with Crippen molar-refractivity contribution in [2.45, 2.75) is 6.54 Å². The number of anilines is 1. The fourth-order valence-corrected chi connectivity index (χ4v) is 1.33. The van der Waals surface area contributed by atoms with Crippen molar-refractivity contribution in [3.63, 3.8) is 0 Å². The number of imidazole rings is 1. The number of nitrogens with one attached hydrogen (secondary N) is 1. The lowest BCUT2D eigenvalue weighted by molar-refractivity contribution is 0.832. The van der Waals surface area contributed by atoms with Gasteiger partial charge in [-0.05, 0) is 15.9 Å². The summed E-state index contributed by atoms with van der Waals surface area (Å²) in [7, 11) is 1.95. The minimum absolute atomic E-state index is 0.611. The largest absolute Gasteiger partial charge is 0.349 e. The Morgan fingerprint density at radius 3 is 2.67 bits per heavy atom. The van der Waals surface area contributed by atoms with Gasteiger partial charge in [-0.2, -0.15) is 0 Å². The van der Waals surface area contributed by atoms with E-state index in [4.69, 9.17) is 0 Å². The zero-order chi connectivity index (χ0) is 10.7. The summed E-state index contributed by atoms with van der Waals surface area (Å²) in [6.07, 6.45) is 6.99. The van der Waals surface area contributed by atoms with E-state index < -0.39 is 0 Å². The Labute approximate surface area is 95.7 Å². The third-order valence-corrected chi connectivity index (χ3v) is 2.37. The zero-order valence-electron chi connectivity index (χ0n) is 8.18. The van der Waals surface area contributed by atoms with Crippen molar-refractivity contribution in [1.82, 2.24) is 19.5 Å². The Bertz CT molecular complexity index is 436. The Morgan fingerprint density at radius 1 is 1.33 bits per heavy atom. The van der Waals surface area contributed by atoms with E-state index in [1.165, 1.54) is 0 Å². The van der Waals surface area contributed by atoms with Gasteiger partial charge < -0.3 is 9.88 Å². The molecule has 0 aliphatic heterocycles. The second-order valence-electron chi connectivity index (χ2n) is 3.07. The fraction of sp³-hybridized carbons (Fsp3) is 0.222. The summed E-state index contributed by atoms with van der Waals surface area (Å²) in [5.74, 6) is 0.611. The van der Waals surface area contributed by atoms with Gasteiger partial charge in [-0.15, -0.1) is 0 Å². The average Bonchev–Trinajstić information content (AvgIpc) is 2.63. The quantitative estimate of drug-likeness (QED) is 0.918. The molecular formula is C9H10BrN5. The maximum absolute atomic E-state index is 4.11. The number of aryl methyl sites for hydroxylation is 1. The molecule has 0 radical (unpaired) electrons. The van der Waals surface area contributed by atoms with Crippen molar-refractivity contribution >= 4 is 21.9 Å². The molecule has 0 aromatic carbocycles. The summed E-state index contributed by atoms with van der Waals surface area (Å²) < 4.78 is 2.82. The summed E-state index contributed by atoms with van der Waals surface area (Å²) in [4.78, 5) is 12.2. The predicted molar refractivity (Wildman–Crippen MR) is 60.3 cm³/mol. The summed E-state index contributed by atoms with van der Waals surface area (Å²) in [5, 5.41) is 3.11. The molecule has 2 aromatic heterocycles. The molecule has 2 aromatic rings. The highest BCUT2D eigenvalue weighted by atomic mass is 79.9. The summed E-state index contributed by atoms with van der Waals surface area (Å²) in [6, 6.07) is 0. The Balaban J connectivity index is 1.99. The molecule has 78 valence electrons. The number of rotatable bonds is 3. The topological polar surface area (TPSA) is 55.6 Å². The van der Waals surface area contributed by atoms with Gasteiger partial charge in [-0.1, -0.05) is 0 Å². The van der Waals surface area contributed by atoms with E-state index in [0.717, 1.165) is 10.2 Å². The van der Waals surface area contributed by atoms with Crippen LogP contribution in [0, 0.1) is 0 Å². The number of aromatic nitrogens is 4. The van der Waals surface area contributed by atoms with Crippen molar-refractivity contribution in [3.05, 3.63) is 35.1 Å². The van der Waals surface area contributed by atoms with Gasteiger partial charge in [0.2, 0.25) is 5.95 Å². The Kier molecular flexibility index (Phi) is 2.96. The van der Waals surface area contributed by atoms with Gasteiger partial charge in [-0.3, -0.25) is 0 Å². The first-order valence-corrected chi connectivity index (χ1v) is 5.21. The van der Waals surface area contributed by atoms with Crippen LogP contribution >= 0.6 is 15.9 Å². The van der Waals surface area contributed by atoms with Crippen LogP contribution in [-0.4, -0.2) is 19.5 Å². The molecule has 2 rings (SSSR count). The zero-order valence-corrected chi connectivity index (χ0v) is 9.77. The number of nitrogens with zero attached hydrogens (tertiary/aromatic N) is 4. The number of halogens is 1. The summed E-state index contributed by atoms with van der Waals surface area (Å²) in [6.45, 7) is 0.665. The molecule has 0 aliphatic carbocycles.